The zero-order valence-corrected chi connectivity index (χ0v) is 12.0. The number of hydrogen-bond acceptors (Lipinski definition) is 4. The Morgan fingerprint density at radius 1 is 1.37 bits per heavy atom. The molecule has 1 saturated heterocycles. The van der Waals surface area contributed by atoms with Crippen molar-refractivity contribution in [3.05, 3.63) is 29.3 Å². The SMILES string of the molecule is COS(=O)(=O)c1ccc(C)cc1C1CCC(=O)N1C. The molecule has 5 nitrogen and oxygen atoms in total. The van der Waals surface area contributed by atoms with E-state index < -0.39 is 10.1 Å². The highest BCUT2D eigenvalue weighted by Gasteiger charge is 2.33. The van der Waals surface area contributed by atoms with Crippen LogP contribution < -0.4 is 0 Å². The Morgan fingerprint density at radius 3 is 2.58 bits per heavy atom. The molecule has 1 aliphatic rings. The standard InChI is InChI=1S/C13H17NO4S/c1-9-4-6-12(19(16,17)18-3)10(8-9)11-5-7-13(15)14(11)2/h4,6,8,11H,5,7H2,1-3H3. The lowest BCUT2D eigenvalue weighted by Crippen LogP contribution is -2.24. The summed E-state index contributed by atoms with van der Waals surface area (Å²) in [5.74, 6) is 0.0345. The van der Waals surface area contributed by atoms with Crippen molar-refractivity contribution in [1.82, 2.24) is 4.90 Å². The second-order valence-electron chi connectivity index (χ2n) is 4.72. The smallest absolute Gasteiger partial charge is 0.297 e. The van der Waals surface area contributed by atoms with Gasteiger partial charge in [-0.2, -0.15) is 8.42 Å². The summed E-state index contributed by atoms with van der Waals surface area (Å²) in [6.07, 6.45) is 1.08. The largest absolute Gasteiger partial charge is 0.339 e. The summed E-state index contributed by atoms with van der Waals surface area (Å²) in [6, 6.07) is 4.88. The first-order valence-electron chi connectivity index (χ1n) is 6.03. The zero-order valence-electron chi connectivity index (χ0n) is 11.2. The van der Waals surface area contributed by atoms with Crippen LogP contribution in [0.4, 0.5) is 0 Å². The van der Waals surface area contributed by atoms with Crippen molar-refractivity contribution in [2.75, 3.05) is 14.2 Å². The molecule has 1 unspecified atom stereocenters. The Labute approximate surface area is 113 Å². The van der Waals surface area contributed by atoms with Crippen molar-refractivity contribution in [3.63, 3.8) is 0 Å². The Morgan fingerprint density at radius 2 is 2.05 bits per heavy atom. The van der Waals surface area contributed by atoms with Crippen molar-refractivity contribution in [3.8, 4) is 0 Å². The number of rotatable bonds is 3. The van der Waals surface area contributed by atoms with E-state index in [1.807, 2.05) is 13.0 Å². The van der Waals surface area contributed by atoms with E-state index in [1.165, 1.54) is 0 Å². The van der Waals surface area contributed by atoms with Gasteiger partial charge in [-0.25, -0.2) is 0 Å². The summed E-state index contributed by atoms with van der Waals surface area (Å²) in [6.45, 7) is 1.89. The monoisotopic (exact) mass is 283 g/mol. The Hall–Kier alpha value is -1.40. The minimum atomic E-state index is -3.76. The van der Waals surface area contributed by atoms with Gasteiger partial charge in [0.2, 0.25) is 5.91 Å². The molecule has 0 saturated carbocycles. The van der Waals surface area contributed by atoms with Crippen molar-refractivity contribution < 1.29 is 17.4 Å². The van der Waals surface area contributed by atoms with E-state index in [0.717, 1.165) is 12.7 Å². The van der Waals surface area contributed by atoms with Gasteiger partial charge in [0.05, 0.1) is 18.0 Å². The Balaban J connectivity index is 2.56. The number of carbonyl (C=O) groups excluding carboxylic acids is 1. The van der Waals surface area contributed by atoms with Crippen LogP contribution in [-0.4, -0.2) is 33.4 Å². The van der Waals surface area contributed by atoms with Crippen LogP contribution in [0.25, 0.3) is 0 Å². The molecular weight excluding hydrogens is 266 g/mol. The van der Waals surface area contributed by atoms with E-state index in [4.69, 9.17) is 0 Å². The molecule has 1 fully saturated rings. The molecule has 0 radical (unpaired) electrons. The first kappa shape index (κ1) is 14.0. The Bertz CT molecular complexity index is 609. The molecule has 0 aliphatic carbocycles. The highest BCUT2D eigenvalue weighted by atomic mass is 32.2. The number of likely N-dealkylation sites (tertiary alicyclic amines) is 1. The van der Waals surface area contributed by atoms with Gasteiger partial charge in [-0.3, -0.25) is 8.98 Å². The number of nitrogens with zero attached hydrogens (tertiary/aromatic N) is 1. The van der Waals surface area contributed by atoms with E-state index in [2.05, 4.69) is 4.18 Å². The first-order valence-corrected chi connectivity index (χ1v) is 7.44. The van der Waals surface area contributed by atoms with E-state index in [0.29, 0.717) is 18.4 Å². The van der Waals surface area contributed by atoms with Crippen molar-refractivity contribution in [1.29, 1.82) is 0 Å². The third-order valence-corrected chi connectivity index (χ3v) is 4.85. The number of benzene rings is 1. The topological polar surface area (TPSA) is 63.7 Å². The molecule has 1 aliphatic heterocycles. The molecule has 6 heteroatoms. The van der Waals surface area contributed by atoms with E-state index in [9.17, 15) is 13.2 Å². The molecular formula is C13H17NO4S. The summed E-state index contributed by atoms with van der Waals surface area (Å²) >= 11 is 0. The molecule has 19 heavy (non-hydrogen) atoms. The minimum Gasteiger partial charge on any atom is -0.339 e. The molecule has 1 atom stereocenters. The maximum Gasteiger partial charge on any atom is 0.297 e. The predicted octanol–water partition coefficient (Wildman–Crippen LogP) is 1.62. The molecule has 1 heterocycles. The van der Waals surface area contributed by atoms with Gasteiger partial charge in [0.25, 0.3) is 10.1 Å². The van der Waals surface area contributed by atoms with Gasteiger partial charge in [0.1, 0.15) is 0 Å². The van der Waals surface area contributed by atoms with Crippen LogP contribution in [-0.2, 0) is 19.1 Å². The fourth-order valence-corrected chi connectivity index (χ4v) is 3.31. The van der Waals surface area contributed by atoms with Crippen molar-refractivity contribution in [2.24, 2.45) is 0 Å². The van der Waals surface area contributed by atoms with Crippen LogP contribution in [0.15, 0.2) is 23.1 Å². The summed E-state index contributed by atoms with van der Waals surface area (Å²) in [5, 5.41) is 0. The maximum atomic E-state index is 12.0. The fraction of sp³-hybridized carbons (Fsp3) is 0.462. The Kier molecular flexibility index (Phi) is 3.64. The minimum absolute atomic E-state index is 0.0345. The highest BCUT2D eigenvalue weighted by molar-refractivity contribution is 7.86. The first-order chi connectivity index (χ1) is 8.86. The number of carbonyl (C=O) groups is 1. The fourth-order valence-electron chi connectivity index (χ4n) is 2.41. The maximum absolute atomic E-state index is 12.0. The zero-order chi connectivity index (χ0) is 14.2. The number of aryl methyl sites for hydroxylation is 1. The van der Waals surface area contributed by atoms with E-state index >= 15 is 0 Å². The quantitative estimate of drug-likeness (QED) is 0.791. The van der Waals surface area contributed by atoms with Gasteiger partial charge in [-0.05, 0) is 25.0 Å². The predicted molar refractivity (Wildman–Crippen MR) is 70.1 cm³/mol. The molecule has 2 rings (SSSR count). The van der Waals surface area contributed by atoms with Crippen LogP contribution in [0.5, 0.6) is 0 Å². The van der Waals surface area contributed by atoms with Gasteiger partial charge in [0.15, 0.2) is 0 Å². The summed E-state index contributed by atoms with van der Waals surface area (Å²) in [4.78, 5) is 13.4. The molecule has 1 amide bonds. The summed E-state index contributed by atoms with van der Waals surface area (Å²) in [7, 11) is -0.921. The number of hydrogen-bond donors (Lipinski definition) is 0. The third kappa shape index (κ3) is 2.50. The summed E-state index contributed by atoms with van der Waals surface area (Å²) < 4.78 is 28.5. The number of amides is 1. The molecule has 0 spiro atoms. The molecule has 0 aromatic heterocycles. The van der Waals surface area contributed by atoms with Gasteiger partial charge >= 0.3 is 0 Å². The van der Waals surface area contributed by atoms with E-state index in [-0.39, 0.29) is 16.8 Å². The average molecular weight is 283 g/mol. The van der Waals surface area contributed by atoms with Gasteiger partial charge in [0, 0.05) is 13.5 Å². The van der Waals surface area contributed by atoms with Gasteiger partial charge in [-0.15, -0.1) is 0 Å². The van der Waals surface area contributed by atoms with Crippen molar-refractivity contribution >= 4 is 16.0 Å². The summed E-state index contributed by atoms with van der Waals surface area (Å²) in [5.41, 5.74) is 1.59. The van der Waals surface area contributed by atoms with Crippen LogP contribution >= 0.6 is 0 Å². The van der Waals surface area contributed by atoms with Gasteiger partial charge < -0.3 is 4.90 Å². The van der Waals surface area contributed by atoms with Gasteiger partial charge in [-0.1, -0.05) is 17.7 Å². The van der Waals surface area contributed by atoms with Crippen LogP contribution in [0, 0.1) is 6.92 Å². The lowest BCUT2D eigenvalue weighted by molar-refractivity contribution is -0.127. The second kappa shape index (κ2) is 4.94. The second-order valence-corrected chi connectivity index (χ2v) is 6.40. The molecule has 0 N–H and O–H groups in total. The average Bonchev–Trinajstić information content (AvgIpc) is 2.69. The van der Waals surface area contributed by atoms with Crippen LogP contribution in [0.1, 0.15) is 30.0 Å². The molecule has 104 valence electrons. The third-order valence-electron chi connectivity index (χ3n) is 3.51. The lowest BCUT2D eigenvalue weighted by Gasteiger charge is -2.22. The van der Waals surface area contributed by atoms with Crippen LogP contribution in [0.3, 0.4) is 0 Å². The van der Waals surface area contributed by atoms with E-state index in [1.54, 1.807) is 24.1 Å². The molecule has 1 aromatic carbocycles. The highest BCUT2D eigenvalue weighted by Crippen LogP contribution is 2.35. The van der Waals surface area contributed by atoms with Crippen molar-refractivity contribution in [2.45, 2.75) is 30.7 Å². The lowest BCUT2D eigenvalue weighted by atomic mass is 10.0. The molecule has 1 aromatic rings. The normalized spacial score (nSPS) is 20.1. The molecule has 0 bridgehead atoms. The van der Waals surface area contributed by atoms with Crippen LogP contribution in [0.2, 0.25) is 0 Å².